The number of ketones is 1. The first kappa shape index (κ1) is 14.9. The number of nitrogens with zero attached hydrogens (tertiary/aromatic N) is 1. The third-order valence-electron chi connectivity index (χ3n) is 3.33. The molecule has 1 amide bonds. The number of alkyl halides is 2. The van der Waals surface area contributed by atoms with E-state index in [0.717, 1.165) is 0 Å². The van der Waals surface area contributed by atoms with E-state index in [4.69, 9.17) is 27.9 Å². The number of Topliss-reactive ketones (excluding diaryl/α,β-unsaturated/α-hetero) is 1. The third-order valence-corrected chi connectivity index (χ3v) is 3.80. The highest BCUT2D eigenvalue weighted by molar-refractivity contribution is 6.31. The minimum atomic E-state index is -0.297. The molecule has 0 aromatic heterocycles. The van der Waals surface area contributed by atoms with Crippen LogP contribution in [0.25, 0.3) is 0 Å². The largest absolute Gasteiger partial charge is 0.453 e. The number of amides is 1. The Hall–Kier alpha value is -2.04. The third kappa shape index (κ3) is 2.45. The number of carbonyl (C=O) groups excluding carboxylic acids is 2. The van der Waals surface area contributed by atoms with Crippen molar-refractivity contribution in [1.82, 2.24) is 0 Å². The molecule has 4 nitrogen and oxygen atoms in total. The van der Waals surface area contributed by atoms with E-state index >= 15 is 0 Å². The van der Waals surface area contributed by atoms with E-state index < -0.39 is 0 Å². The van der Waals surface area contributed by atoms with Crippen molar-refractivity contribution >= 4 is 46.3 Å². The molecule has 0 N–H and O–H groups in total. The maximum Gasteiger partial charge on any atom is 0.246 e. The average Bonchev–Trinajstić information content (AvgIpc) is 2.57. The molecule has 1 heterocycles. The Morgan fingerprint density at radius 3 is 2.41 bits per heavy atom. The Labute approximate surface area is 137 Å². The first-order valence-corrected chi connectivity index (χ1v) is 7.61. The van der Waals surface area contributed by atoms with Gasteiger partial charge in [-0.15, -0.1) is 23.2 Å². The van der Waals surface area contributed by atoms with E-state index in [2.05, 4.69) is 0 Å². The highest BCUT2D eigenvalue weighted by atomic mass is 35.5. The van der Waals surface area contributed by atoms with Gasteiger partial charge in [0.1, 0.15) is 5.88 Å². The standard InChI is InChI=1S/C16H11Cl2NO3/c17-8-13(20)10-5-6-15-12(7-10)19(16(21)9-18)11-3-1-2-4-14(11)22-15/h1-7H,8-9H2. The number of para-hydroxylation sites is 2. The molecule has 2 aromatic rings. The fourth-order valence-electron chi connectivity index (χ4n) is 2.33. The monoisotopic (exact) mass is 335 g/mol. The first-order chi connectivity index (χ1) is 10.7. The number of rotatable bonds is 3. The highest BCUT2D eigenvalue weighted by Gasteiger charge is 2.29. The lowest BCUT2D eigenvalue weighted by atomic mass is 10.1. The molecule has 0 radical (unpaired) electrons. The van der Waals surface area contributed by atoms with Crippen molar-refractivity contribution in [3.63, 3.8) is 0 Å². The van der Waals surface area contributed by atoms with Crippen molar-refractivity contribution in [3.8, 4) is 11.5 Å². The molecule has 0 saturated carbocycles. The van der Waals surface area contributed by atoms with Crippen LogP contribution in [0.4, 0.5) is 11.4 Å². The van der Waals surface area contributed by atoms with E-state index in [-0.39, 0.29) is 23.5 Å². The minimum absolute atomic E-state index is 0.125. The van der Waals surface area contributed by atoms with E-state index in [0.29, 0.717) is 28.4 Å². The van der Waals surface area contributed by atoms with Gasteiger partial charge >= 0.3 is 0 Å². The van der Waals surface area contributed by atoms with Crippen molar-refractivity contribution in [1.29, 1.82) is 0 Å². The van der Waals surface area contributed by atoms with Gasteiger partial charge in [-0.2, -0.15) is 0 Å². The highest BCUT2D eigenvalue weighted by Crippen LogP contribution is 2.46. The summed E-state index contributed by atoms with van der Waals surface area (Å²) in [5.41, 5.74) is 1.50. The lowest BCUT2D eigenvalue weighted by molar-refractivity contribution is -0.115. The molecule has 0 aliphatic carbocycles. The van der Waals surface area contributed by atoms with Gasteiger partial charge < -0.3 is 4.74 Å². The lowest BCUT2D eigenvalue weighted by Crippen LogP contribution is -2.29. The maximum absolute atomic E-state index is 12.3. The number of ether oxygens (including phenoxy) is 1. The topological polar surface area (TPSA) is 46.6 Å². The van der Waals surface area contributed by atoms with E-state index in [1.165, 1.54) is 4.90 Å². The summed E-state index contributed by atoms with van der Waals surface area (Å²) >= 11 is 11.3. The lowest BCUT2D eigenvalue weighted by Gasteiger charge is -2.31. The van der Waals surface area contributed by atoms with Crippen LogP contribution < -0.4 is 9.64 Å². The molecule has 0 spiro atoms. The van der Waals surface area contributed by atoms with Crippen LogP contribution in [-0.2, 0) is 4.79 Å². The van der Waals surface area contributed by atoms with E-state index in [1.807, 2.05) is 6.07 Å². The fourth-order valence-corrected chi connectivity index (χ4v) is 2.61. The van der Waals surface area contributed by atoms with Crippen LogP contribution in [0.3, 0.4) is 0 Å². The number of anilines is 2. The van der Waals surface area contributed by atoms with Crippen LogP contribution in [0.1, 0.15) is 10.4 Å². The predicted octanol–water partition coefficient (Wildman–Crippen LogP) is 4.12. The molecule has 0 fully saturated rings. The molecular formula is C16H11Cl2NO3. The Morgan fingerprint density at radius 1 is 0.955 bits per heavy atom. The summed E-state index contributed by atoms with van der Waals surface area (Å²) in [5.74, 6) is 0.227. The smallest absolute Gasteiger partial charge is 0.246 e. The molecular weight excluding hydrogens is 325 g/mol. The summed E-state index contributed by atoms with van der Waals surface area (Å²) in [6.45, 7) is 0. The van der Waals surface area contributed by atoms with Crippen molar-refractivity contribution in [2.45, 2.75) is 0 Å². The van der Waals surface area contributed by atoms with E-state index in [9.17, 15) is 9.59 Å². The number of halogens is 2. The van der Waals surface area contributed by atoms with Gasteiger partial charge in [-0.3, -0.25) is 14.5 Å². The molecule has 1 aliphatic heterocycles. The summed E-state index contributed by atoms with van der Waals surface area (Å²) in [6.07, 6.45) is 0. The molecule has 112 valence electrons. The molecule has 0 bridgehead atoms. The van der Waals surface area contributed by atoms with Crippen molar-refractivity contribution < 1.29 is 14.3 Å². The van der Waals surface area contributed by atoms with Crippen molar-refractivity contribution in [2.24, 2.45) is 0 Å². The summed E-state index contributed by atoms with van der Waals surface area (Å²) in [5, 5.41) is 0. The van der Waals surface area contributed by atoms with Gasteiger partial charge in [-0.25, -0.2) is 0 Å². The summed E-state index contributed by atoms with van der Waals surface area (Å²) in [6, 6.07) is 12.0. The average molecular weight is 336 g/mol. The van der Waals surface area contributed by atoms with E-state index in [1.54, 1.807) is 36.4 Å². The zero-order chi connectivity index (χ0) is 15.7. The van der Waals surface area contributed by atoms with Crippen LogP contribution in [0, 0.1) is 0 Å². The zero-order valence-corrected chi connectivity index (χ0v) is 12.9. The van der Waals surface area contributed by atoms with Crippen molar-refractivity contribution in [3.05, 3.63) is 48.0 Å². The second kappa shape index (κ2) is 5.99. The number of hydrogen-bond donors (Lipinski definition) is 0. The fraction of sp³-hybridized carbons (Fsp3) is 0.125. The molecule has 0 unspecified atom stereocenters. The van der Waals surface area contributed by atoms with Gasteiger partial charge in [0, 0.05) is 5.56 Å². The summed E-state index contributed by atoms with van der Waals surface area (Å²) in [4.78, 5) is 25.5. The molecule has 0 saturated heterocycles. The molecule has 2 aromatic carbocycles. The second-order valence-corrected chi connectivity index (χ2v) is 5.21. The van der Waals surface area contributed by atoms with Crippen LogP contribution >= 0.6 is 23.2 Å². The summed E-state index contributed by atoms with van der Waals surface area (Å²) < 4.78 is 5.79. The van der Waals surface area contributed by atoms with Crippen molar-refractivity contribution in [2.75, 3.05) is 16.7 Å². The van der Waals surface area contributed by atoms with Gasteiger partial charge in [-0.05, 0) is 30.3 Å². The normalized spacial score (nSPS) is 12.2. The van der Waals surface area contributed by atoms with Gasteiger partial charge in [-0.1, -0.05) is 12.1 Å². The van der Waals surface area contributed by atoms with Gasteiger partial charge in [0.25, 0.3) is 0 Å². The van der Waals surface area contributed by atoms with Crippen LogP contribution in [0.5, 0.6) is 11.5 Å². The molecule has 3 rings (SSSR count). The number of benzene rings is 2. The van der Waals surface area contributed by atoms with Crippen LogP contribution in [0.15, 0.2) is 42.5 Å². The summed E-state index contributed by atoms with van der Waals surface area (Å²) in [7, 11) is 0. The number of hydrogen-bond acceptors (Lipinski definition) is 3. The zero-order valence-electron chi connectivity index (χ0n) is 11.4. The Kier molecular flexibility index (Phi) is 4.05. The first-order valence-electron chi connectivity index (χ1n) is 6.54. The Bertz CT molecular complexity index is 761. The quantitative estimate of drug-likeness (QED) is 0.626. The number of fused-ring (bicyclic) bond motifs is 2. The van der Waals surface area contributed by atoms with Gasteiger partial charge in [0.2, 0.25) is 5.91 Å². The van der Waals surface area contributed by atoms with Crippen LogP contribution in [0.2, 0.25) is 0 Å². The Balaban J connectivity index is 2.17. The molecule has 1 aliphatic rings. The minimum Gasteiger partial charge on any atom is -0.453 e. The van der Waals surface area contributed by atoms with Gasteiger partial charge in [0.05, 0.1) is 17.3 Å². The molecule has 22 heavy (non-hydrogen) atoms. The van der Waals surface area contributed by atoms with Gasteiger partial charge in [0.15, 0.2) is 17.3 Å². The molecule has 0 atom stereocenters. The number of carbonyl (C=O) groups is 2. The Morgan fingerprint density at radius 2 is 1.68 bits per heavy atom. The second-order valence-electron chi connectivity index (χ2n) is 4.67. The SMILES string of the molecule is O=C(CCl)c1ccc2c(c1)N(C(=O)CCl)c1ccccc1O2. The van der Waals surface area contributed by atoms with Crippen LogP contribution in [-0.4, -0.2) is 23.5 Å². The maximum atomic E-state index is 12.3. The predicted molar refractivity (Wildman–Crippen MR) is 85.9 cm³/mol. The molecule has 6 heteroatoms.